The minimum atomic E-state index is -0.727. The molecule has 158 valence electrons. The third-order valence-corrected chi connectivity index (χ3v) is 7.88. The van der Waals surface area contributed by atoms with Crippen molar-refractivity contribution in [2.24, 2.45) is 23.7 Å². The van der Waals surface area contributed by atoms with Crippen LogP contribution in [-0.2, 0) is 14.3 Å². The van der Waals surface area contributed by atoms with Crippen LogP contribution in [0.2, 0.25) is 0 Å². The highest BCUT2D eigenvalue weighted by atomic mass is 35.5. The molecule has 0 aromatic rings. The summed E-state index contributed by atoms with van der Waals surface area (Å²) in [6.07, 6.45) is 5.77. The molecule has 3 amide bonds. The number of thioether (sulfide) groups is 1. The Labute approximate surface area is 176 Å². The van der Waals surface area contributed by atoms with Gasteiger partial charge in [-0.05, 0) is 63.5 Å². The van der Waals surface area contributed by atoms with Crippen molar-refractivity contribution in [3.63, 3.8) is 0 Å². The average molecular weight is 431 g/mol. The molecular formula is C20H31ClN2O4S. The summed E-state index contributed by atoms with van der Waals surface area (Å²) in [4.78, 5) is 37.2. The summed E-state index contributed by atoms with van der Waals surface area (Å²) in [7, 11) is 0. The van der Waals surface area contributed by atoms with E-state index in [0.717, 1.165) is 37.9 Å². The molecule has 0 spiro atoms. The Morgan fingerprint density at radius 3 is 2.57 bits per heavy atom. The number of hydrogen-bond donors (Lipinski definition) is 2. The molecule has 2 saturated carbocycles. The smallest absolute Gasteiger partial charge is 0.414 e. The van der Waals surface area contributed by atoms with Crippen LogP contribution >= 0.6 is 23.4 Å². The van der Waals surface area contributed by atoms with Gasteiger partial charge in [0.1, 0.15) is 0 Å². The molecule has 8 heteroatoms. The van der Waals surface area contributed by atoms with Crippen molar-refractivity contribution < 1.29 is 19.1 Å². The van der Waals surface area contributed by atoms with Crippen LogP contribution in [-0.4, -0.2) is 40.5 Å². The molecular weight excluding hydrogens is 400 g/mol. The molecule has 1 aliphatic heterocycles. The summed E-state index contributed by atoms with van der Waals surface area (Å²) in [5, 5.41) is 5.38. The van der Waals surface area contributed by atoms with Crippen LogP contribution in [0.1, 0.15) is 58.8 Å². The predicted molar refractivity (Wildman–Crippen MR) is 110 cm³/mol. The van der Waals surface area contributed by atoms with Crippen molar-refractivity contribution in [1.82, 2.24) is 10.6 Å². The van der Waals surface area contributed by atoms with Crippen LogP contribution in [0.25, 0.3) is 0 Å². The molecule has 1 heterocycles. The quantitative estimate of drug-likeness (QED) is 0.665. The summed E-state index contributed by atoms with van der Waals surface area (Å²) < 4.78 is 4.98. The fourth-order valence-electron chi connectivity index (χ4n) is 4.92. The van der Waals surface area contributed by atoms with Crippen LogP contribution in [0.4, 0.5) is 4.79 Å². The van der Waals surface area contributed by atoms with Gasteiger partial charge in [-0.1, -0.05) is 12.8 Å². The zero-order valence-corrected chi connectivity index (χ0v) is 18.2. The van der Waals surface area contributed by atoms with Crippen molar-refractivity contribution >= 4 is 41.3 Å². The first-order chi connectivity index (χ1) is 13.3. The van der Waals surface area contributed by atoms with Crippen LogP contribution in [0, 0.1) is 23.7 Å². The number of rotatable bonds is 4. The van der Waals surface area contributed by atoms with Gasteiger partial charge in [0, 0.05) is 11.3 Å². The Kier molecular flexibility index (Phi) is 7.54. The zero-order valence-electron chi connectivity index (χ0n) is 16.6. The van der Waals surface area contributed by atoms with Gasteiger partial charge in [-0.15, -0.1) is 23.4 Å². The third-order valence-electron chi connectivity index (χ3n) is 6.20. The summed E-state index contributed by atoms with van der Waals surface area (Å²) in [6, 6.07) is 0. The van der Waals surface area contributed by atoms with Crippen molar-refractivity contribution in [2.45, 2.75) is 75.6 Å². The van der Waals surface area contributed by atoms with Gasteiger partial charge in [-0.3, -0.25) is 14.9 Å². The molecule has 2 N–H and O–H groups in total. The highest BCUT2D eigenvalue weighted by molar-refractivity contribution is 8.00. The summed E-state index contributed by atoms with van der Waals surface area (Å²) in [6.45, 7) is 3.46. The van der Waals surface area contributed by atoms with Gasteiger partial charge in [-0.25, -0.2) is 4.79 Å². The van der Waals surface area contributed by atoms with E-state index in [9.17, 15) is 14.4 Å². The lowest BCUT2D eigenvalue weighted by molar-refractivity contribution is -0.130. The van der Waals surface area contributed by atoms with Crippen molar-refractivity contribution in [1.29, 1.82) is 0 Å². The van der Waals surface area contributed by atoms with Crippen molar-refractivity contribution in [2.75, 3.05) is 5.75 Å². The number of fused-ring (bicyclic) bond motifs is 1. The number of amides is 3. The largest absolute Gasteiger partial charge is 0.447 e. The number of alkyl halides is 1. The topological polar surface area (TPSA) is 84.5 Å². The first-order valence-corrected chi connectivity index (χ1v) is 11.9. The molecule has 3 rings (SSSR count). The fourth-order valence-corrected chi connectivity index (χ4v) is 6.61. The number of hydrogen-bond acceptors (Lipinski definition) is 5. The average Bonchev–Trinajstić information content (AvgIpc) is 3.08. The van der Waals surface area contributed by atoms with E-state index in [1.807, 2.05) is 0 Å². The third kappa shape index (κ3) is 5.35. The van der Waals surface area contributed by atoms with Gasteiger partial charge < -0.3 is 10.1 Å². The standard InChI is InChI=1S/C20H31ClN2O4S/c1-11(2)27-20(26)23-18(25)16-8-9-28-19(16)22-17(24)15-5-3-4-12-10-13(21)6-7-14(12)15/h11-16,19H,3-10H2,1-2H3,(H,22,24)(H,23,25,26). The second-order valence-corrected chi connectivity index (χ2v) is 10.4. The van der Waals surface area contributed by atoms with Crippen LogP contribution in [0.5, 0.6) is 0 Å². The second kappa shape index (κ2) is 9.70. The Balaban J connectivity index is 1.56. The molecule has 0 bridgehead atoms. The Morgan fingerprint density at radius 1 is 1.04 bits per heavy atom. The van der Waals surface area contributed by atoms with Gasteiger partial charge in [0.05, 0.1) is 17.4 Å². The Bertz CT molecular complexity index is 603. The molecule has 3 aliphatic rings. The van der Waals surface area contributed by atoms with Crippen LogP contribution in [0.3, 0.4) is 0 Å². The maximum absolute atomic E-state index is 13.0. The maximum Gasteiger partial charge on any atom is 0.414 e. The van der Waals surface area contributed by atoms with Gasteiger partial charge in [-0.2, -0.15) is 0 Å². The van der Waals surface area contributed by atoms with E-state index in [1.165, 1.54) is 6.42 Å². The van der Waals surface area contributed by atoms with E-state index in [4.69, 9.17) is 16.3 Å². The van der Waals surface area contributed by atoms with E-state index >= 15 is 0 Å². The van der Waals surface area contributed by atoms with Crippen molar-refractivity contribution in [3.8, 4) is 0 Å². The van der Waals surface area contributed by atoms with Gasteiger partial charge >= 0.3 is 6.09 Å². The molecule has 6 atom stereocenters. The number of halogens is 1. The SMILES string of the molecule is CC(C)OC(=O)NC(=O)C1CCSC1NC(=O)C1CCCC2CC(Cl)CCC21. The number of imide groups is 1. The maximum atomic E-state index is 13.0. The van der Waals surface area contributed by atoms with E-state index in [0.29, 0.717) is 18.3 Å². The van der Waals surface area contributed by atoms with E-state index in [1.54, 1.807) is 25.6 Å². The van der Waals surface area contributed by atoms with Crippen molar-refractivity contribution in [3.05, 3.63) is 0 Å². The minimum absolute atomic E-state index is 0.0127. The lowest BCUT2D eigenvalue weighted by Crippen LogP contribution is -2.49. The normalized spacial score (nSPS) is 35.1. The van der Waals surface area contributed by atoms with Crippen LogP contribution < -0.4 is 10.6 Å². The van der Waals surface area contributed by atoms with Gasteiger partial charge in [0.2, 0.25) is 11.8 Å². The first-order valence-electron chi connectivity index (χ1n) is 10.4. The molecule has 6 unspecified atom stereocenters. The number of carbonyl (C=O) groups is 3. The highest BCUT2D eigenvalue weighted by Crippen LogP contribution is 2.45. The van der Waals surface area contributed by atoms with Gasteiger partial charge in [0.25, 0.3) is 0 Å². The highest BCUT2D eigenvalue weighted by Gasteiger charge is 2.43. The summed E-state index contributed by atoms with van der Waals surface area (Å²) in [5.41, 5.74) is 0. The molecule has 1 saturated heterocycles. The predicted octanol–water partition coefficient (Wildman–Crippen LogP) is 3.67. The molecule has 0 aromatic carbocycles. The first kappa shape index (κ1) is 21.8. The summed E-state index contributed by atoms with van der Waals surface area (Å²) in [5.74, 6) is 1.03. The molecule has 2 aliphatic carbocycles. The molecule has 0 aromatic heterocycles. The lowest BCUT2D eigenvalue weighted by atomic mass is 9.65. The van der Waals surface area contributed by atoms with E-state index < -0.39 is 12.0 Å². The Hall–Kier alpha value is -0.950. The van der Waals surface area contributed by atoms with E-state index in [-0.39, 0.29) is 34.6 Å². The monoisotopic (exact) mass is 430 g/mol. The number of nitrogens with one attached hydrogen (secondary N) is 2. The number of ether oxygens (including phenoxy) is 1. The fraction of sp³-hybridized carbons (Fsp3) is 0.850. The minimum Gasteiger partial charge on any atom is -0.447 e. The molecule has 6 nitrogen and oxygen atoms in total. The lowest BCUT2D eigenvalue weighted by Gasteiger charge is -2.42. The summed E-state index contributed by atoms with van der Waals surface area (Å²) >= 11 is 7.92. The molecule has 3 fully saturated rings. The second-order valence-electron chi connectivity index (χ2n) is 8.51. The van der Waals surface area contributed by atoms with Gasteiger partial charge in [0.15, 0.2) is 0 Å². The zero-order chi connectivity index (χ0) is 20.3. The van der Waals surface area contributed by atoms with E-state index in [2.05, 4.69) is 10.6 Å². The molecule has 28 heavy (non-hydrogen) atoms. The molecule has 0 radical (unpaired) electrons. The number of carbonyl (C=O) groups excluding carboxylic acids is 3. The Morgan fingerprint density at radius 2 is 1.82 bits per heavy atom. The van der Waals surface area contributed by atoms with Crippen LogP contribution in [0.15, 0.2) is 0 Å². The number of alkyl carbamates (subject to hydrolysis) is 1.